The Labute approximate surface area is 245 Å². The van der Waals surface area contributed by atoms with E-state index in [1.54, 1.807) is 53.4 Å². The number of nitrogens with zero attached hydrogens (tertiary/aromatic N) is 3. The number of hydrogen-bond acceptors (Lipinski definition) is 8. The molecule has 2 N–H and O–H groups in total. The number of rotatable bonds is 9. The molecule has 0 aromatic heterocycles. The Hall–Kier alpha value is -4.54. The smallest absolute Gasteiger partial charge is 0.414 e. The van der Waals surface area contributed by atoms with Crippen LogP contribution in [0.3, 0.4) is 0 Å². The van der Waals surface area contributed by atoms with Gasteiger partial charge in [-0.3, -0.25) is 29.7 Å². The third-order valence-corrected chi connectivity index (χ3v) is 7.60. The third-order valence-electron chi connectivity index (χ3n) is 7.60. The molecule has 10 heteroatoms. The zero-order valence-corrected chi connectivity index (χ0v) is 23.6. The number of esters is 1. The lowest BCUT2D eigenvalue weighted by Crippen LogP contribution is -2.53. The van der Waals surface area contributed by atoms with Crippen molar-refractivity contribution in [2.24, 2.45) is 0 Å². The molecule has 5 rings (SSSR count). The number of cyclic esters (lactones) is 1. The molecular formula is C32H35N5O5. The van der Waals surface area contributed by atoms with E-state index >= 15 is 0 Å². The minimum Gasteiger partial charge on any atom is -0.460 e. The second kappa shape index (κ2) is 13.4. The monoisotopic (exact) mass is 569 g/mol. The standard InChI is InChI=1S/C32H35N5O5/c1-23(31(39)41-22-24-8-4-2-5-9-24)36-18-16-35(17-19-36)20-28-21-37(32(40)42-28)27-14-12-25(13-15-27)29(33)34-30(38)26-10-6-3-7-11-26/h2-15,23,28H,16-22H2,1H3,(H2,33,34,38). The van der Waals surface area contributed by atoms with Crippen LogP contribution in [0.5, 0.6) is 0 Å². The van der Waals surface area contributed by atoms with Crippen molar-refractivity contribution >= 4 is 29.5 Å². The number of amidine groups is 1. The van der Waals surface area contributed by atoms with Gasteiger partial charge in [-0.05, 0) is 48.9 Å². The number of amides is 2. The van der Waals surface area contributed by atoms with E-state index in [0.717, 1.165) is 31.7 Å². The number of nitrogens with one attached hydrogen (secondary N) is 2. The van der Waals surface area contributed by atoms with Crippen molar-refractivity contribution < 1.29 is 23.9 Å². The lowest BCUT2D eigenvalue weighted by atomic mass is 10.1. The summed E-state index contributed by atoms with van der Waals surface area (Å²) in [5, 5.41) is 10.8. The largest absolute Gasteiger partial charge is 0.460 e. The number of piperazine rings is 1. The average Bonchev–Trinajstić information content (AvgIpc) is 3.40. The van der Waals surface area contributed by atoms with Crippen LogP contribution in [0.25, 0.3) is 0 Å². The van der Waals surface area contributed by atoms with Crippen molar-refractivity contribution in [3.63, 3.8) is 0 Å². The Bertz CT molecular complexity index is 1390. The number of benzene rings is 3. The highest BCUT2D eigenvalue weighted by Gasteiger charge is 2.35. The molecule has 218 valence electrons. The van der Waals surface area contributed by atoms with E-state index in [-0.39, 0.29) is 36.5 Å². The van der Waals surface area contributed by atoms with E-state index in [4.69, 9.17) is 14.9 Å². The molecule has 2 atom stereocenters. The summed E-state index contributed by atoms with van der Waals surface area (Å²) in [6, 6.07) is 25.0. The maximum absolute atomic E-state index is 12.7. The minimum absolute atomic E-state index is 0.0183. The van der Waals surface area contributed by atoms with Gasteiger partial charge in [-0.1, -0.05) is 48.5 Å². The predicted octanol–water partition coefficient (Wildman–Crippen LogP) is 3.52. The first-order valence-electron chi connectivity index (χ1n) is 14.1. The molecule has 0 saturated carbocycles. The number of ether oxygens (including phenoxy) is 2. The molecule has 3 aromatic rings. The lowest BCUT2D eigenvalue weighted by molar-refractivity contribution is -0.151. The highest BCUT2D eigenvalue weighted by atomic mass is 16.6. The Morgan fingerprint density at radius 3 is 2.24 bits per heavy atom. The van der Waals surface area contributed by atoms with Crippen molar-refractivity contribution in [1.82, 2.24) is 15.1 Å². The molecule has 0 bridgehead atoms. The number of carbonyl (C=O) groups is 3. The highest BCUT2D eigenvalue weighted by molar-refractivity contribution is 6.11. The maximum Gasteiger partial charge on any atom is 0.414 e. The molecule has 0 aliphatic carbocycles. The summed E-state index contributed by atoms with van der Waals surface area (Å²) in [7, 11) is 0. The molecule has 2 heterocycles. The zero-order chi connectivity index (χ0) is 29.5. The van der Waals surface area contributed by atoms with Gasteiger partial charge < -0.3 is 14.8 Å². The fourth-order valence-electron chi connectivity index (χ4n) is 5.10. The van der Waals surface area contributed by atoms with Gasteiger partial charge in [0, 0.05) is 49.5 Å². The number of anilines is 1. The third kappa shape index (κ3) is 7.20. The summed E-state index contributed by atoms with van der Waals surface area (Å²) in [6.07, 6.45) is -0.686. The first-order valence-corrected chi connectivity index (χ1v) is 14.1. The molecule has 3 aromatic carbocycles. The van der Waals surface area contributed by atoms with Gasteiger partial charge in [0.05, 0.1) is 6.54 Å². The van der Waals surface area contributed by atoms with E-state index < -0.39 is 6.09 Å². The van der Waals surface area contributed by atoms with Crippen molar-refractivity contribution in [1.29, 1.82) is 5.41 Å². The molecule has 42 heavy (non-hydrogen) atoms. The Morgan fingerprint density at radius 1 is 0.929 bits per heavy atom. The van der Waals surface area contributed by atoms with Crippen LogP contribution in [0.15, 0.2) is 84.9 Å². The first-order chi connectivity index (χ1) is 20.4. The van der Waals surface area contributed by atoms with Gasteiger partial charge in [-0.2, -0.15) is 0 Å². The molecule has 10 nitrogen and oxygen atoms in total. The Morgan fingerprint density at radius 2 is 1.57 bits per heavy atom. The quantitative estimate of drug-likeness (QED) is 0.230. The summed E-state index contributed by atoms with van der Waals surface area (Å²) in [5.41, 5.74) is 2.64. The van der Waals surface area contributed by atoms with Gasteiger partial charge in [0.2, 0.25) is 0 Å². The number of carbonyl (C=O) groups excluding carboxylic acids is 3. The van der Waals surface area contributed by atoms with Crippen LogP contribution in [0.2, 0.25) is 0 Å². The van der Waals surface area contributed by atoms with Gasteiger partial charge in [-0.25, -0.2) is 4.79 Å². The summed E-state index contributed by atoms with van der Waals surface area (Å²) in [6.45, 7) is 6.14. The molecule has 2 unspecified atom stereocenters. The molecule has 0 spiro atoms. The Kier molecular flexibility index (Phi) is 9.25. The maximum atomic E-state index is 12.7. The van der Waals surface area contributed by atoms with Gasteiger partial charge in [-0.15, -0.1) is 0 Å². The average molecular weight is 570 g/mol. The second-order valence-electron chi connectivity index (χ2n) is 10.5. The summed E-state index contributed by atoms with van der Waals surface area (Å²) >= 11 is 0. The van der Waals surface area contributed by atoms with E-state index in [0.29, 0.717) is 29.9 Å². The molecule has 2 fully saturated rings. The van der Waals surface area contributed by atoms with E-state index in [9.17, 15) is 14.4 Å². The topological polar surface area (TPSA) is 115 Å². The second-order valence-corrected chi connectivity index (χ2v) is 10.5. The van der Waals surface area contributed by atoms with Crippen LogP contribution in [0, 0.1) is 5.41 Å². The van der Waals surface area contributed by atoms with Crippen LogP contribution >= 0.6 is 0 Å². The van der Waals surface area contributed by atoms with E-state index in [1.165, 1.54) is 0 Å². The fraction of sp³-hybridized carbons (Fsp3) is 0.312. The van der Waals surface area contributed by atoms with Crippen molar-refractivity contribution in [2.75, 3.05) is 44.2 Å². The predicted molar refractivity (Wildman–Crippen MR) is 159 cm³/mol. The van der Waals surface area contributed by atoms with Crippen LogP contribution < -0.4 is 10.2 Å². The van der Waals surface area contributed by atoms with Crippen molar-refractivity contribution in [2.45, 2.75) is 25.7 Å². The van der Waals surface area contributed by atoms with Crippen LogP contribution in [0.4, 0.5) is 10.5 Å². The minimum atomic E-state index is -0.409. The van der Waals surface area contributed by atoms with E-state index in [2.05, 4.69) is 15.1 Å². The van der Waals surface area contributed by atoms with E-state index in [1.807, 2.05) is 43.3 Å². The summed E-state index contributed by atoms with van der Waals surface area (Å²) < 4.78 is 11.2. The summed E-state index contributed by atoms with van der Waals surface area (Å²) in [4.78, 5) is 43.5. The molecule has 2 amide bonds. The highest BCUT2D eigenvalue weighted by Crippen LogP contribution is 2.23. The molecule has 2 aliphatic heterocycles. The zero-order valence-electron chi connectivity index (χ0n) is 23.6. The molecule has 0 radical (unpaired) electrons. The van der Waals surface area contributed by atoms with Crippen LogP contribution in [-0.2, 0) is 20.9 Å². The van der Waals surface area contributed by atoms with Gasteiger partial charge in [0.25, 0.3) is 5.91 Å². The van der Waals surface area contributed by atoms with Gasteiger partial charge in [0.15, 0.2) is 0 Å². The van der Waals surface area contributed by atoms with Crippen LogP contribution in [0.1, 0.15) is 28.4 Å². The molecule has 2 saturated heterocycles. The Balaban J connectivity index is 1.06. The van der Waals surface area contributed by atoms with Crippen molar-refractivity contribution in [3.8, 4) is 0 Å². The molecular weight excluding hydrogens is 534 g/mol. The van der Waals surface area contributed by atoms with Gasteiger partial charge in [0.1, 0.15) is 24.6 Å². The SMILES string of the molecule is CC(C(=O)OCc1ccccc1)N1CCN(CC2CN(c3ccc(C(=N)NC(=O)c4ccccc4)cc3)C(=O)O2)CC1. The number of hydrogen-bond donors (Lipinski definition) is 2. The van der Waals surface area contributed by atoms with Crippen LogP contribution in [-0.4, -0.2) is 85.0 Å². The first kappa shape index (κ1) is 29.0. The normalized spacial score (nSPS) is 18.3. The lowest BCUT2D eigenvalue weighted by Gasteiger charge is -2.37. The van der Waals surface area contributed by atoms with Gasteiger partial charge >= 0.3 is 12.1 Å². The fourth-order valence-corrected chi connectivity index (χ4v) is 5.10. The summed E-state index contributed by atoms with van der Waals surface area (Å²) in [5.74, 6) is -0.600. The van der Waals surface area contributed by atoms with Crippen molar-refractivity contribution in [3.05, 3.63) is 102 Å². The molecule has 2 aliphatic rings.